The lowest BCUT2D eigenvalue weighted by Crippen LogP contribution is -2.26. The van der Waals surface area contributed by atoms with Gasteiger partial charge < -0.3 is 5.73 Å². The summed E-state index contributed by atoms with van der Waals surface area (Å²) in [6, 6.07) is 0.0329. The summed E-state index contributed by atoms with van der Waals surface area (Å²) >= 11 is 0. The molecule has 2 atom stereocenters. The van der Waals surface area contributed by atoms with E-state index in [-0.39, 0.29) is 12.0 Å². The lowest BCUT2D eigenvalue weighted by atomic mass is 9.97. The van der Waals surface area contributed by atoms with E-state index in [4.69, 9.17) is 5.73 Å². The third-order valence-electron chi connectivity index (χ3n) is 1.64. The van der Waals surface area contributed by atoms with Crippen LogP contribution < -0.4 is 5.73 Å². The molecule has 0 aromatic carbocycles. The molecule has 0 saturated heterocycles. The Balaban J connectivity index is 2.75. The summed E-state index contributed by atoms with van der Waals surface area (Å²) in [7, 11) is 0. The fraction of sp³-hybridized carbons (Fsp3) is 0.429. The van der Waals surface area contributed by atoms with Crippen LogP contribution in [0.3, 0.4) is 0 Å². The van der Waals surface area contributed by atoms with Crippen molar-refractivity contribution in [1.82, 2.24) is 0 Å². The zero-order chi connectivity index (χ0) is 7.56. The maximum absolute atomic E-state index is 10.0. The third-order valence-corrected chi connectivity index (χ3v) is 1.64. The van der Waals surface area contributed by atoms with Gasteiger partial charge >= 0.3 is 0 Å². The van der Waals surface area contributed by atoms with Crippen LogP contribution in [0.5, 0.6) is 0 Å². The molecule has 0 amide bonds. The summed E-state index contributed by atoms with van der Waals surface area (Å²) in [4.78, 5) is 10.0. The van der Waals surface area contributed by atoms with Gasteiger partial charge in [0.15, 0.2) is 0 Å². The highest BCUT2D eigenvalue weighted by molar-refractivity contribution is 5.25. The highest BCUT2D eigenvalue weighted by Gasteiger charge is 2.11. The lowest BCUT2D eigenvalue weighted by molar-refractivity contribution is 0.619. The highest BCUT2D eigenvalue weighted by atomic mass is 16.3. The van der Waals surface area contributed by atoms with Gasteiger partial charge in [0.25, 0.3) is 0 Å². The Morgan fingerprint density at radius 3 is 2.90 bits per heavy atom. The number of allylic oxidation sites excluding steroid dienone is 1. The van der Waals surface area contributed by atoms with Gasteiger partial charge in [-0.3, -0.25) is 0 Å². The topological polar surface area (TPSA) is 55.5 Å². The molecule has 1 aliphatic rings. The van der Waals surface area contributed by atoms with E-state index < -0.39 is 0 Å². The number of nitrogens with two attached hydrogens (primary N) is 1. The number of hydrogen-bond acceptors (Lipinski definition) is 3. The highest BCUT2D eigenvalue weighted by Crippen LogP contribution is 2.15. The molecule has 2 N–H and O–H groups in total. The van der Waals surface area contributed by atoms with Gasteiger partial charge in [0, 0.05) is 6.04 Å². The molecule has 0 heterocycles. The largest absolute Gasteiger partial charge is 0.324 e. The number of nitroso groups, excluding NO2 is 1. The Morgan fingerprint density at radius 1 is 1.70 bits per heavy atom. The van der Waals surface area contributed by atoms with Gasteiger partial charge in [-0.1, -0.05) is 19.1 Å². The molecule has 0 aromatic heterocycles. The predicted octanol–water partition coefficient (Wildman–Crippen LogP) is 1.17. The maximum atomic E-state index is 10.0. The van der Waals surface area contributed by atoms with Crippen molar-refractivity contribution >= 4 is 0 Å². The van der Waals surface area contributed by atoms with E-state index in [0.717, 1.165) is 0 Å². The van der Waals surface area contributed by atoms with Crippen LogP contribution in [0.4, 0.5) is 0 Å². The number of rotatable bonds is 1. The molecule has 2 unspecified atom stereocenters. The van der Waals surface area contributed by atoms with Crippen LogP contribution in [0.2, 0.25) is 0 Å². The fourth-order valence-electron chi connectivity index (χ4n) is 0.882. The molecule has 0 aromatic rings. The molecule has 0 spiro atoms. The van der Waals surface area contributed by atoms with Crippen LogP contribution in [0.15, 0.2) is 29.1 Å². The second-order valence-corrected chi connectivity index (χ2v) is 2.48. The number of hydrogen-bond donors (Lipinski definition) is 1. The van der Waals surface area contributed by atoms with E-state index in [1.54, 1.807) is 18.2 Å². The van der Waals surface area contributed by atoms with Crippen LogP contribution in [0.25, 0.3) is 0 Å². The number of nitrogens with zero attached hydrogens (tertiary/aromatic N) is 1. The zero-order valence-corrected chi connectivity index (χ0v) is 5.82. The minimum absolute atomic E-state index is 0.0329. The van der Waals surface area contributed by atoms with E-state index in [0.29, 0.717) is 5.70 Å². The van der Waals surface area contributed by atoms with Gasteiger partial charge in [-0.05, 0) is 17.2 Å². The summed E-state index contributed by atoms with van der Waals surface area (Å²) in [6.07, 6.45) is 5.22. The van der Waals surface area contributed by atoms with Crippen LogP contribution in [0.1, 0.15) is 6.92 Å². The Kier molecular flexibility index (Phi) is 1.97. The standard InChI is InChI=1S/C7H10N2O/c1-5-4-6(9-10)2-3-7(5)8/h2-5,7H,8H2,1H3. The monoisotopic (exact) mass is 138 g/mol. The Morgan fingerprint density at radius 2 is 2.40 bits per heavy atom. The molecule has 0 radical (unpaired) electrons. The Labute approximate surface area is 59.6 Å². The van der Waals surface area contributed by atoms with Crippen LogP contribution in [0, 0.1) is 10.8 Å². The van der Waals surface area contributed by atoms with Crippen LogP contribution in [-0.2, 0) is 0 Å². The quantitative estimate of drug-likeness (QED) is 0.553. The van der Waals surface area contributed by atoms with Gasteiger partial charge in [0.1, 0.15) is 5.70 Å². The van der Waals surface area contributed by atoms with E-state index in [2.05, 4.69) is 5.18 Å². The Hall–Kier alpha value is -0.960. The minimum Gasteiger partial charge on any atom is -0.324 e. The van der Waals surface area contributed by atoms with Gasteiger partial charge in [-0.25, -0.2) is 0 Å². The van der Waals surface area contributed by atoms with Crippen molar-refractivity contribution < 1.29 is 0 Å². The first-order valence-corrected chi connectivity index (χ1v) is 3.23. The minimum atomic E-state index is 0.0329. The van der Waals surface area contributed by atoms with Crippen molar-refractivity contribution in [2.24, 2.45) is 16.8 Å². The molecule has 1 aliphatic carbocycles. The first kappa shape index (κ1) is 7.15. The molecule has 54 valence electrons. The summed E-state index contributed by atoms with van der Waals surface area (Å²) in [6.45, 7) is 1.96. The lowest BCUT2D eigenvalue weighted by Gasteiger charge is -2.15. The second-order valence-electron chi connectivity index (χ2n) is 2.48. The molecule has 0 saturated carbocycles. The SMILES string of the molecule is CC1C=C(N=O)C=CC1N. The smallest absolute Gasteiger partial charge is 0.104 e. The van der Waals surface area contributed by atoms with Crippen LogP contribution >= 0.6 is 0 Å². The van der Waals surface area contributed by atoms with E-state index in [1.807, 2.05) is 6.92 Å². The maximum Gasteiger partial charge on any atom is 0.104 e. The van der Waals surface area contributed by atoms with Crippen molar-refractivity contribution in [1.29, 1.82) is 0 Å². The van der Waals surface area contributed by atoms with Crippen molar-refractivity contribution in [2.75, 3.05) is 0 Å². The molecule has 0 aliphatic heterocycles. The molecule has 10 heavy (non-hydrogen) atoms. The van der Waals surface area contributed by atoms with E-state index in [9.17, 15) is 4.91 Å². The third kappa shape index (κ3) is 1.30. The van der Waals surface area contributed by atoms with Gasteiger partial charge in [0.05, 0.1) is 0 Å². The van der Waals surface area contributed by atoms with Crippen molar-refractivity contribution in [3.63, 3.8) is 0 Å². The van der Waals surface area contributed by atoms with Crippen molar-refractivity contribution in [2.45, 2.75) is 13.0 Å². The summed E-state index contributed by atoms with van der Waals surface area (Å²) in [5, 5.41) is 2.80. The Bertz CT molecular complexity index is 196. The molecule has 0 fully saturated rings. The predicted molar refractivity (Wildman–Crippen MR) is 40.2 cm³/mol. The average molecular weight is 138 g/mol. The molecular formula is C7H10N2O. The second kappa shape index (κ2) is 2.75. The van der Waals surface area contributed by atoms with Crippen LogP contribution in [-0.4, -0.2) is 6.04 Å². The van der Waals surface area contributed by atoms with Gasteiger partial charge in [-0.2, -0.15) is 0 Å². The molecule has 3 heteroatoms. The van der Waals surface area contributed by atoms with E-state index in [1.165, 1.54) is 0 Å². The summed E-state index contributed by atoms with van der Waals surface area (Å²) < 4.78 is 0. The van der Waals surface area contributed by atoms with Crippen molar-refractivity contribution in [3.05, 3.63) is 28.8 Å². The first-order chi connectivity index (χ1) is 4.74. The van der Waals surface area contributed by atoms with Gasteiger partial charge in [-0.15, -0.1) is 4.91 Å². The molecule has 3 nitrogen and oxygen atoms in total. The molecular weight excluding hydrogens is 128 g/mol. The van der Waals surface area contributed by atoms with Crippen molar-refractivity contribution in [3.8, 4) is 0 Å². The zero-order valence-electron chi connectivity index (χ0n) is 5.82. The molecule has 1 rings (SSSR count). The average Bonchev–Trinajstić information content (AvgIpc) is 1.95. The summed E-state index contributed by atoms with van der Waals surface area (Å²) in [5.41, 5.74) is 6.10. The fourth-order valence-corrected chi connectivity index (χ4v) is 0.882. The molecule has 0 bridgehead atoms. The van der Waals surface area contributed by atoms with E-state index >= 15 is 0 Å². The first-order valence-electron chi connectivity index (χ1n) is 3.23. The normalized spacial score (nSPS) is 31.6. The van der Waals surface area contributed by atoms with Gasteiger partial charge in [0.2, 0.25) is 0 Å². The summed E-state index contributed by atoms with van der Waals surface area (Å²) in [5.74, 6) is 0.220.